The third-order valence-electron chi connectivity index (χ3n) is 4.38. The third-order valence-corrected chi connectivity index (χ3v) is 6.19. The number of carbonyl (C=O) groups excluding carboxylic acids is 1. The van der Waals surface area contributed by atoms with Crippen LogP contribution in [0, 0.1) is 0 Å². The first-order valence-electron chi connectivity index (χ1n) is 9.08. The Kier molecular flexibility index (Phi) is 6.09. The van der Waals surface area contributed by atoms with Crippen LogP contribution in [-0.4, -0.2) is 42.7 Å². The van der Waals surface area contributed by atoms with Crippen molar-refractivity contribution in [1.29, 1.82) is 0 Å². The molecular formula is C20H22N4O4S. The molecule has 0 atom stereocenters. The number of nitrogens with one attached hydrogen (secondary N) is 2. The molecule has 0 bridgehead atoms. The molecular weight excluding hydrogens is 392 g/mol. The van der Waals surface area contributed by atoms with Crippen molar-refractivity contribution in [3.63, 3.8) is 0 Å². The molecule has 1 amide bonds. The van der Waals surface area contributed by atoms with Crippen molar-refractivity contribution >= 4 is 32.5 Å². The number of nitrogens with zero attached hydrogens (tertiary/aromatic N) is 2. The third kappa shape index (κ3) is 4.87. The lowest BCUT2D eigenvalue weighted by molar-refractivity contribution is -0.116. The minimum atomic E-state index is -3.57. The summed E-state index contributed by atoms with van der Waals surface area (Å²) in [6.45, 7) is 0. The van der Waals surface area contributed by atoms with Crippen LogP contribution >= 0.6 is 0 Å². The molecule has 2 N–H and O–H groups in total. The zero-order valence-electron chi connectivity index (χ0n) is 16.2. The van der Waals surface area contributed by atoms with Gasteiger partial charge in [-0.05, 0) is 36.8 Å². The molecule has 0 saturated heterocycles. The molecule has 0 saturated carbocycles. The summed E-state index contributed by atoms with van der Waals surface area (Å²) in [5.41, 5.74) is 0.832. The van der Waals surface area contributed by atoms with Gasteiger partial charge in [0, 0.05) is 32.6 Å². The van der Waals surface area contributed by atoms with Gasteiger partial charge in [0.2, 0.25) is 15.9 Å². The minimum absolute atomic E-state index is 0.109. The molecule has 29 heavy (non-hydrogen) atoms. The molecule has 152 valence electrons. The van der Waals surface area contributed by atoms with Gasteiger partial charge < -0.3 is 10.3 Å². The normalized spacial score (nSPS) is 11.7. The Bertz CT molecular complexity index is 1200. The van der Waals surface area contributed by atoms with Gasteiger partial charge in [-0.25, -0.2) is 17.7 Å². The van der Waals surface area contributed by atoms with Crippen molar-refractivity contribution in [3.05, 3.63) is 64.7 Å². The van der Waals surface area contributed by atoms with Gasteiger partial charge in [-0.2, -0.15) is 0 Å². The summed E-state index contributed by atoms with van der Waals surface area (Å²) >= 11 is 0. The lowest BCUT2D eigenvalue weighted by Gasteiger charge is -2.12. The van der Waals surface area contributed by atoms with Gasteiger partial charge in [0.1, 0.15) is 5.82 Å². The summed E-state index contributed by atoms with van der Waals surface area (Å²) in [5, 5.41) is 3.24. The van der Waals surface area contributed by atoms with E-state index in [0.717, 1.165) is 4.31 Å². The molecule has 0 radical (unpaired) electrons. The van der Waals surface area contributed by atoms with Crippen molar-refractivity contribution in [2.45, 2.75) is 24.2 Å². The van der Waals surface area contributed by atoms with E-state index in [9.17, 15) is 18.0 Å². The second kappa shape index (κ2) is 8.54. The predicted molar refractivity (Wildman–Crippen MR) is 111 cm³/mol. The number of H-pyrrole nitrogens is 1. The molecule has 0 unspecified atom stereocenters. The van der Waals surface area contributed by atoms with Crippen LogP contribution in [0.1, 0.15) is 18.7 Å². The molecule has 0 aliphatic heterocycles. The van der Waals surface area contributed by atoms with Gasteiger partial charge in [-0.1, -0.05) is 18.2 Å². The summed E-state index contributed by atoms with van der Waals surface area (Å²) < 4.78 is 25.5. The first kappa shape index (κ1) is 20.7. The second-order valence-corrected chi connectivity index (χ2v) is 8.90. The second-order valence-electron chi connectivity index (χ2n) is 6.75. The fraction of sp³-hybridized carbons (Fsp3) is 0.250. The zero-order chi connectivity index (χ0) is 21.0. The van der Waals surface area contributed by atoms with E-state index in [2.05, 4.69) is 15.3 Å². The van der Waals surface area contributed by atoms with Crippen LogP contribution in [0.3, 0.4) is 0 Å². The first-order chi connectivity index (χ1) is 13.8. The summed E-state index contributed by atoms with van der Waals surface area (Å²) in [7, 11) is -0.670. The van der Waals surface area contributed by atoms with E-state index in [1.807, 2.05) is 6.07 Å². The average molecular weight is 414 g/mol. The van der Waals surface area contributed by atoms with Gasteiger partial charge >= 0.3 is 0 Å². The highest BCUT2D eigenvalue weighted by atomic mass is 32.2. The number of aryl methyl sites for hydroxylation is 1. The number of sulfonamides is 1. The topological polar surface area (TPSA) is 112 Å². The molecule has 2 aromatic carbocycles. The number of aromatic amines is 1. The molecule has 3 aromatic rings. The van der Waals surface area contributed by atoms with Crippen LogP contribution in [0.5, 0.6) is 0 Å². The SMILES string of the molecule is CN(C)S(=O)(=O)c1cccc(NC(=O)CCCc2nc3ccccc3c(=O)[nH]2)c1. The van der Waals surface area contributed by atoms with Gasteiger partial charge in [0.15, 0.2) is 0 Å². The van der Waals surface area contributed by atoms with Crippen molar-refractivity contribution in [1.82, 2.24) is 14.3 Å². The van der Waals surface area contributed by atoms with Crippen molar-refractivity contribution in [3.8, 4) is 0 Å². The summed E-state index contributed by atoms with van der Waals surface area (Å²) in [5.74, 6) is 0.285. The fourth-order valence-corrected chi connectivity index (χ4v) is 3.79. The fourth-order valence-electron chi connectivity index (χ4n) is 2.84. The van der Waals surface area contributed by atoms with Crippen molar-refractivity contribution < 1.29 is 13.2 Å². The number of rotatable bonds is 7. The largest absolute Gasteiger partial charge is 0.326 e. The van der Waals surface area contributed by atoms with E-state index < -0.39 is 10.0 Å². The van der Waals surface area contributed by atoms with Crippen LogP contribution < -0.4 is 10.9 Å². The Labute approximate surface area is 168 Å². The van der Waals surface area contributed by atoms with E-state index in [-0.39, 0.29) is 22.8 Å². The number of hydrogen-bond acceptors (Lipinski definition) is 5. The number of carbonyl (C=O) groups is 1. The predicted octanol–water partition coefficient (Wildman–Crippen LogP) is 2.13. The van der Waals surface area contributed by atoms with Crippen LogP contribution in [0.15, 0.2) is 58.2 Å². The summed E-state index contributed by atoms with van der Waals surface area (Å²) in [6, 6.07) is 13.2. The maximum atomic E-state index is 12.2. The number of hydrogen-bond donors (Lipinski definition) is 2. The highest BCUT2D eigenvalue weighted by molar-refractivity contribution is 7.89. The Morgan fingerprint density at radius 3 is 2.66 bits per heavy atom. The molecule has 0 fully saturated rings. The van der Waals surface area contributed by atoms with E-state index in [1.54, 1.807) is 30.3 Å². The van der Waals surface area contributed by atoms with E-state index in [4.69, 9.17) is 0 Å². The van der Waals surface area contributed by atoms with E-state index in [1.165, 1.54) is 26.2 Å². The standard InChI is InChI=1S/C20H22N4O4S/c1-24(2)29(27,28)15-8-5-7-14(13-15)21-19(25)12-6-11-18-22-17-10-4-3-9-16(17)20(26)23-18/h3-5,7-10,13H,6,11-12H2,1-2H3,(H,21,25)(H,22,23,26). The number of fused-ring (bicyclic) bond motifs is 1. The Morgan fingerprint density at radius 1 is 1.14 bits per heavy atom. The molecule has 0 aliphatic rings. The molecule has 1 aromatic heterocycles. The van der Waals surface area contributed by atoms with E-state index in [0.29, 0.717) is 35.3 Å². The van der Waals surface area contributed by atoms with Crippen LogP contribution in [0.25, 0.3) is 10.9 Å². The van der Waals surface area contributed by atoms with Gasteiger partial charge in [0.05, 0.1) is 15.8 Å². The number of anilines is 1. The quantitative estimate of drug-likeness (QED) is 0.615. The summed E-state index contributed by atoms with van der Waals surface area (Å²) in [4.78, 5) is 31.5. The Morgan fingerprint density at radius 2 is 1.90 bits per heavy atom. The summed E-state index contributed by atoms with van der Waals surface area (Å²) in [6.07, 6.45) is 1.15. The smallest absolute Gasteiger partial charge is 0.258 e. The van der Waals surface area contributed by atoms with Crippen molar-refractivity contribution in [2.75, 3.05) is 19.4 Å². The van der Waals surface area contributed by atoms with Gasteiger partial charge in [-0.15, -0.1) is 0 Å². The van der Waals surface area contributed by atoms with Gasteiger partial charge in [0.25, 0.3) is 5.56 Å². The van der Waals surface area contributed by atoms with Crippen LogP contribution in [-0.2, 0) is 21.2 Å². The average Bonchev–Trinajstić information content (AvgIpc) is 2.68. The number of para-hydroxylation sites is 1. The lowest BCUT2D eigenvalue weighted by Crippen LogP contribution is -2.22. The Balaban J connectivity index is 1.60. The van der Waals surface area contributed by atoms with Gasteiger partial charge in [-0.3, -0.25) is 9.59 Å². The maximum Gasteiger partial charge on any atom is 0.258 e. The molecule has 0 aliphatic carbocycles. The lowest BCUT2D eigenvalue weighted by atomic mass is 10.2. The zero-order valence-corrected chi connectivity index (χ0v) is 17.0. The molecule has 3 rings (SSSR count). The highest BCUT2D eigenvalue weighted by Crippen LogP contribution is 2.18. The highest BCUT2D eigenvalue weighted by Gasteiger charge is 2.17. The van der Waals surface area contributed by atoms with E-state index >= 15 is 0 Å². The minimum Gasteiger partial charge on any atom is -0.326 e. The molecule has 1 heterocycles. The molecule has 9 heteroatoms. The van der Waals surface area contributed by atoms with Crippen LogP contribution in [0.2, 0.25) is 0 Å². The first-order valence-corrected chi connectivity index (χ1v) is 10.5. The molecule has 8 nitrogen and oxygen atoms in total. The van der Waals surface area contributed by atoms with Crippen LogP contribution in [0.4, 0.5) is 5.69 Å². The van der Waals surface area contributed by atoms with Crippen molar-refractivity contribution in [2.24, 2.45) is 0 Å². The number of aromatic nitrogens is 2. The number of benzene rings is 2. The maximum absolute atomic E-state index is 12.2. The number of amides is 1. The monoisotopic (exact) mass is 414 g/mol. The molecule has 0 spiro atoms. The Hall–Kier alpha value is -3.04.